The summed E-state index contributed by atoms with van der Waals surface area (Å²) in [4.78, 5) is 12.4. The van der Waals surface area contributed by atoms with Crippen molar-refractivity contribution in [3.8, 4) is 17.2 Å². The van der Waals surface area contributed by atoms with Crippen molar-refractivity contribution in [3.05, 3.63) is 35.7 Å². The van der Waals surface area contributed by atoms with E-state index in [1.54, 1.807) is 27.4 Å². The molecule has 8 heteroatoms. The van der Waals surface area contributed by atoms with Gasteiger partial charge in [0.1, 0.15) is 5.69 Å². The van der Waals surface area contributed by atoms with Crippen molar-refractivity contribution in [2.45, 2.75) is 25.3 Å². The molecule has 2 heterocycles. The lowest BCUT2D eigenvalue weighted by atomic mass is 10.1. The van der Waals surface area contributed by atoms with Crippen LogP contribution in [0.3, 0.4) is 0 Å². The van der Waals surface area contributed by atoms with Gasteiger partial charge in [-0.1, -0.05) is 6.07 Å². The number of carbonyl (C=O) groups is 1. The summed E-state index contributed by atoms with van der Waals surface area (Å²) in [5.74, 6) is 1.59. The second-order valence-corrected chi connectivity index (χ2v) is 6.68. The molecular formula is C20H28N4O4. The Labute approximate surface area is 165 Å². The SMILES string of the molecule is COc1ccc(CCNC(=O)c2ccn(C3CCCNC3)n2)c(OC)c1OC. The number of carbonyl (C=O) groups excluding carboxylic acids is 1. The van der Waals surface area contributed by atoms with Crippen molar-refractivity contribution in [2.75, 3.05) is 41.0 Å². The first-order valence-electron chi connectivity index (χ1n) is 9.49. The summed E-state index contributed by atoms with van der Waals surface area (Å²) in [6.07, 6.45) is 4.68. The Morgan fingerprint density at radius 2 is 2.04 bits per heavy atom. The highest BCUT2D eigenvalue weighted by Gasteiger charge is 2.18. The molecule has 1 aromatic heterocycles. The maximum atomic E-state index is 12.4. The van der Waals surface area contributed by atoms with Crippen molar-refractivity contribution in [2.24, 2.45) is 0 Å². The molecule has 1 atom stereocenters. The number of nitrogens with one attached hydrogen (secondary N) is 2. The molecule has 1 aliphatic heterocycles. The van der Waals surface area contributed by atoms with E-state index in [9.17, 15) is 4.79 Å². The summed E-state index contributed by atoms with van der Waals surface area (Å²) < 4.78 is 18.1. The van der Waals surface area contributed by atoms with Crippen LogP contribution in [0, 0.1) is 0 Å². The van der Waals surface area contributed by atoms with Gasteiger partial charge in [0.25, 0.3) is 5.91 Å². The van der Waals surface area contributed by atoms with Crippen LogP contribution in [0.4, 0.5) is 0 Å². The van der Waals surface area contributed by atoms with Gasteiger partial charge in [0, 0.05) is 24.8 Å². The Morgan fingerprint density at radius 1 is 1.21 bits per heavy atom. The first kappa shape index (κ1) is 20.0. The molecule has 0 radical (unpaired) electrons. The fourth-order valence-electron chi connectivity index (χ4n) is 3.48. The first-order valence-corrected chi connectivity index (χ1v) is 9.49. The van der Waals surface area contributed by atoms with Crippen molar-refractivity contribution < 1.29 is 19.0 Å². The Kier molecular flexibility index (Phi) is 6.76. The predicted octanol–water partition coefficient (Wildman–Crippen LogP) is 1.81. The topological polar surface area (TPSA) is 86.6 Å². The Hall–Kier alpha value is -2.74. The zero-order chi connectivity index (χ0) is 19.9. The van der Waals surface area contributed by atoms with Gasteiger partial charge in [0.05, 0.1) is 27.4 Å². The Balaban J connectivity index is 1.59. The molecule has 0 spiro atoms. The van der Waals surface area contributed by atoms with E-state index in [1.807, 2.05) is 23.0 Å². The highest BCUT2D eigenvalue weighted by Crippen LogP contribution is 2.39. The number of nitrogens with zero attached hydrogens (tertiary/aromatic N) is 2. The zero-order valence-corrected chi connectivity index (χ0v) is 16.7. The molecule has 2 N–H and O–H groups in total. The second-order valence-electron chi connectivity index (χ2n) is 6.68. The number of hydrogen-bond acceptors (Lipinski definition) is 6. The molecule has 1 saturated heterocycles. The van der Waals surface area contributed by atoms with E-state index >= 15 is 0 Å². The monoisotopic (exact) mass is 388 g/mol. The third-order valence-corrected chi connectivity index (χ3v) is 4.95. The second kappa shape index (κ2) is 9.45. The summed E-state index contributed by atoms with van der Waals surface area (Å²) in [5, 5.41) is 10.7. The predicted molar refractivity (Wildman–Crippen MR) is 106 cm³/mol. The normalized spacial score (nSPS) is 16.5. The molecule has 8 nitrogen and oxygen atoms in total. The van der Waals surface area contributed by atoms with E-state index in [4.69, 9.17) is 14.2 Å². The number of piperidine rings is 1. The molecule has 1 aliphatic rings. The van der Waals surface area contributed by atoms with Crippen molar-refractivity contribution in [3.63, 3.8) is 0 Å². The maximum absolute atomic E-state index is 12.4. The largest absolute Gasteiger partial charge is 0.493 e. The van der Waals surface area contributed by atoms with Gasteiger partial charge in [0.15, 0.2) is 11.5 Å². The minimum Gasteiger partial charge on any atom is -0.493 e. The fraction of sp³-hybridized carbons (Fsp3) is 0.500. The number of ether oxygens (including phenoxy) is 3. The van der Waals surface area contributed by atoms with Crippen LogP contribution in [0.25, 0.3) is 0 Å². The number of methoxy groups -OCH3 is 3. The average molecular weight is 388 g/mol. The van der Waals surface area contributed by atoms with E-state index in [1.165, 1.54) is 0 Å². The van der Waals surface area contributed by atoms with Gasteiger partial charge in [-0.05, 0) is 37.9 Å². The number of benzene rings is 1. The first-order chi connectivity index (χ1) is 13.7. The number of aromatic nitrogens is 2. The van der Waals surface area contributed by atoms with Crippen molar-refractivity contribution in [1.82, 2.24) is 20.4 Å². The van der Waals surface area contributed by atoms with Gasteiger partial charge in [-0.2, -0.15) is 5.10 Å². The highest BCUT2D eigenvalue weighted by atomic mass is 16.5. The molecular weight excluding hydrogens is 360 g/mol. The summed E-state index contributed by atoms with van der Waals surface area (Å²) >= 11 is 0. The summed E-state index contributed by atoms with van der Waals surface area (Å²) in [6, 6.07) is 5.82. The quantitative estimate of drug-likeness (QED) is 0.717. The number of rotatable bonds is 8. The zero-order valence-electron chi connectivity index (χ0n) is 16.7. The molecule has 0 aliphatic carbocycles. The van der Waals surface area contributed by atoms with Crippen LogP contribution >= 0.6 is 0 Å². The summed E-state index contributed by atoms with van der Waals surface area (Å²) in [7, 11) is 4.75. The molecule has 1 amide bonds. The Bertz CT molecular complexity index is 799. The fourth-order valence-corrected chi connectivity index (χ4v) is 3.48. The van der Waals surface area contributed by atoms with Gasteiger partial charge in [-0.15, -0.1) is 0 Å². The van der Waals surface area contributed by atoms with Gasteiger partial charge in [-0.3, -0.25) is 9.48 Å². The molecule has 1 unspecified atom stereocenters. The smallest absolute Gasteiger partial charge is 0.271 e. The summed E-state index contributed by atoms with van der Waals surface area (Å²) in [6.45, 7) is 2.40. The molecule has 152 valence electrons. The lowest BCUT2D eigenvalue weighted by Gasteiger charge is -2.22. The van der Waals surface area contributed by atoms with Gasteiger partial charge in [-0.25, -0.2) is 0 Å². The lowest BCUT2D eigenvalue weighted by molar-refractivity contribution is 0.0947. The third-order valence-electron chi connectivity index (χ3n) is 4.95. The number of amides is 1. The van der Waals surface area contributed by atoms with Gasteiger partial charge in [0.2, 0.25) is 5.75 Å². The van der Waals surface area contributed by atoms with Crippen LogP contribution in [-0.4, -0.2) is 56.7 Å². The minimum atomic E-state index is -0.179. The van der Waals surface area contributed by atoms with Gasteiger partial charge >= 0.3 is 0 Å². The van der Waals surface area contributed by atoms with E-state index in [0.717, 1.165) is 31.5 Å². The van der Waals surface area contributed by atoms with Crippen LogP contribution in [-0.2, 0) is 6.42 Å². The van der Waals surface area contributed by atoms with Crippen molar-refractivity contribution >= 4 is 5.91 Å². The van der Waals surface area contributed by atoms with E-state index in [0.29, 0.717) is 41.9 Å². The van der Waals surface area contributed by atoms with Crippen LogP contribution in [0.15, 0.2) is 24.4 Å². The number of hydrogen-bond donors (Lipinski definition) is 2. The minimum absolute atomic E-state index is 0.179. The van der Waals surface area contributed by atoms with Crippen LogP contribution in [0.5, 0.6) is 17.2 Å². The molecule has 0 saturated carbocycles. The molecule has 0 bridgehead atoms. The molecule has 1 fully saturated rings. The average Bonchev–Trinajstić information content (AvgIpc) is 3.24. The molecule has 28 heavy (non-hydrogen) atoms. The van der Waals surface area contributed by atoms with E-state index < -0.39 is 0 Å². The highest BCUT2D eigenvalue weighted by molar-refractivity contribution is 5.92. The van der Waals surface area contributed by atoms with Crippen LogP contribution in [0.2, 0.25) is 0 Å². The Morgan fingerprint density at radius 3 is 2.71 bits per heavy atom. The maximum Gasteiger partial charge on any atom is 0.271 e. The lowest BCUT2D eigenvalue weighted by Crippen LogP contribution is -2.32. The standard InChI is InChI=1S/C20H28N4O4/c1-26-17-7-6-14(18(27-2)19(17)28-3)8-11-22-20(25)16-9-12-24(23-16)15-5-4-10-21-13-15/h6-7,9,12,15,21H,4-5,8,10-11,13H2,1-3H3,(H,22,25). The van der Waals surface area contributed by atoms with Crippen LogP contribution in [0.1, 0.15) is 34.9 Å². The van der Waals surface area contributed by atoms with Gasteiger partial charge < -0.3 is 24.8 Å². The van der Waals surface area contributed by atoms with E-state index in [-0.39, 0.29) is 5.91 Å². The molecule has 2 aromatic rings. The van der Waals surface area contributed by atoms with Crippen molar-refractivity contribution in [1.29, 1.82) is 0 Å². The van der Waals surface area contributed by atoms with E-state index in [2.05, 4.69) is 15.7 Å². The third kappa shape index (κ3) is 4.39. The van der Waals surface area contributed by atoms with Crippen LogP contribution < -0.4 is 24.8 Å². The molecule has 3 rings (SSSR count). The molecule has 1 aromatic carbocycles. The summed E-state index contributed by atoms with van der Waals surface area (Å²) in [5.41, 5.74) is 1.36.